The number of piperazine rings is 1. The molecule has 1 fully saturated rings. The molecule has 1 aromatic heterocycles. The lowest BCUT2D eigenvalue weighted by Gasteiger charge is -2.33. The smallest absolute Gasteiger partial charge is 0.249 e. The van der Waals surface area contributed by atoms with Gasteiger partial charge in [0.2, 0.25) is 10.0 Å². The summed E-state index contributed by atoms with van der Waals surface area (Å²) in [6.07, 6.45) is 0.684. The molecule has 0 aliphatic carbocycles. The van der Waals surface area contributed by atoms with Gasteiger partial charge in [0, 0.05) is 38.0 Å². The standard InChI is InChI=1S/C22H23F2N3O3S2/c1-2-30-18-8-6-16(7-9-18)14-17-15-31-22(25-17)26-10-12-27(13-11-26)32(28,29)21-19(23)4-3-5-20(21)24/h3-9,15H,2,10-14H2,1H3. The van der Waals surface area contributed by atoms with Crippen molar-refractivity contribution >= 4 is 26.5 Å². The molecule has 1 aliphatic rings. The minimum atomic E-state index is -4.24. The average molecular weight is 480 g/mol. The van der Waals surface area contributed by atoms with E-state index in [1.807, 2.05) is 41.5 Å². The van der Waals surface area contributed by atoms with Crippen molar-refractivity contribution in [1.82, 2.24) is 9.29 Å². The summed E-state index contributed by atoms with van der Waals surface area (Å²) in [6.45, 7) is 3.61. The monoisotopic (exact) mass is 479 g/mol. The topological polar surface area (TPSA) is 62.7 Å². The lowest BCUT2D eigenvalue weighted by Crippen LogP contribution is -2.49. The normalized spacial score (nSPS) is 15.2. The summed E-state index contributed by atoms with van der Waals surface area (Å²) in [5, 5.41) is 2.80. The van der Waals surface area contributed by atoms with Gasteiger partial charge in [-0.05, 0) is 36.8 Å². The molecule has 0 radical (unpaired) electrons. The van der Waals surface area contributed by atoms with E-state index in [1.165, 1.54) is 11.3 Å². The highest BCUT2D eigenvalue weighted by molar-refractivity contribution is 7.89. The molecule has 2 aromatic carbocycles. The molecule has 0 unspecified atom stereocenters. The quantitative estimate of drug-likeness (QED) is 0.514. The van der Waals surface area contributed by atoms with Gasteiger partial charge in [0.25, 0.3) is 0 Å². The van der Waals surface area contributed by atoms with Gasteiger partial charge in [-0.25, -0.2) is 22.2 Å². The predicted octanol–water partition coefficient (Wildman–Crippen LogP) is 3.92. The Morgan fingerprint density at radius 1 is 1.03 bits per heavy atom. The molecule has 1 aliphatic heterocycles. The Morgan fingerprint density at radius 3 is 2.31 bits per heavy atom. The van der Waals surface area contributed by atoms with Crippen LogP contribution in [0.2, 0.25) is 0 Å². The Bertz CT molecular complexity index is 1160. The van der Waals surface area contributed by atoms with E-state index >= 15 is 0 Å². The van der Waals surface area contributed by atoms with Gasteiger partial charge in [-0.2, -0.15) is 4.31 Å². The fraction of sp³-hybridized carbons (Fsp3) is 0.318. The summed E-state index contributed by atoms with van der Waals surface area (Å²) < 4.78 is 60.1. The highest BCUT2D eigenvalue weighted by Gasteiger charge is 2.33. The average Bonchev–Trinajstić information content (AvgIpc) is 3.24. The van der Waals surface area contributed by atoms with Crippen LogP contribution in [0.15, 0.2) is 52.7 Å². The van der Waals surface area contributed by atoms with Crippen LogP contribution < -0.4 is 9.64 Å². The number of ether oxygens (including phenoxy) is 1. The van der Waals surface area contributed by atoms with Crippen molar-refractivity contribution in [3.63, 3.8) is 0 Å². The highest BCUT2D eigenvalue weighted by Crippen LogP contribution is 2.27. The third-order valence-electron chi connectivity index (χ3n) is 5.19. The van der Waals surface area contributed by atoms with Gasteiger partial charge in [-0.3, -0.25) is 0 Å². The lowest BCUT2D eigenvalue weighted by molar-refractivity contribution is 0.340. The molecule has 4 rings (SSSR count). The molecule has 32 heavy (non-hydrogen) atoms. The van der Waals surface area contributed by atoms with E-state index in [-0.39, 0.29) is 13.1 Å². The van der Waals surface area contributed by atoms with E-state index in [9.17, 15) is 17.2 Å². The molecule has 170 valence electrons. The van der Waals surface area contributed by atoms with E-state index in [2.05, 4.69) is 4.98 Å². The summed E-state index contributed by atoms with van der Waals surface area (Å²) in [6, 6.07) is 10.9. The minimum Gasteiger partial charge on any atom is -0.494 e. The summed E-state index contributed by atoms with van der Waals surface area (Å²) in [5.41, 5.74) is 2.05. The van der Waals surface area contributed by atoms with Crippen molar-refractivity contribution in [3.05, 3.63) is 70.7 Å². The molecule has 0 bridgehead atoms. The first-order valence-electron chi connectivity index (χ1n) is 10.2. The van der Waals surface area contributed by atoms with E-state index < -0.39 is 26.6 Å². The molecule has 0 atom stereocenters. The number of anilines is 1. The summed E-state index contributed by atoms with van der Waals surface area (Å²) in [5.74, 6) is -1.32. The maximum Gasteiger partial charge on any atom is 0.249 e. The predicted molar refractivity (Wildman–Crippen MR) is 120 cm³/mol. The Labute approximate surface area is 190 Å². The first kappa shape index (κ1) is 22.6. The molecule has 1 saturated heterocycles. The summed E-state index contributed by atoms with van der Waals surface area (Å²) in [7, 11) is -4.24. The Kier molecular flexibility index (Phi) is 6.73. The van der Waals surface area contributed by atoms with Crippen LogP contribution in [0.3, 0.4) is 0 Å². The van der Waals surface area contributed by atoms with Crippen molar-refractivity contribution in [2.75, 3.05) is 37.7 Å². The highest BCUT2D eigenvalue weighted by atomic mass is 32.2. The molecule has 0 amide bonds. The van der Waals surface area contributed by atoms with Crippen molar-refractivity contribution < 1.29 is 21.9 Å². The third kappa shape index (κ3) is 4.77. The fourth-order valence-corrected chi connectivity index (χ4v) is 5.99. The first-order valence-corrected chi connectivity index (χ1v) is 12.6. The van der Waals surface area contributed by atoms with Gasteiger partial charge < -0.3 is 9.64 Å². The second kappa shape index (κ2) is 9.51. The zero-order valence-corrected chi connectivity index (χ0v) is 19.1. The molecule has 0 N–H and O–H groups in total. The maximum absolute atomic E-state index is 14.0. The van der Waals surface area contributed by atoms with Crippen LogP contribution in [-0.4, -0.2) is 50.5 Å². The van der Waals surface area contributed by atoms with Gasteiger partial charge in [0.1, 0.15) is 17.4 Å². The second-order valence-corrected chi connectivity index (χ2v) is 10.0. The minimum absolute atomic E-state index is 0.129. The van der Waals surface area contributed by atoms with Crippen molar-refractivity contribution in [3.8, 4) is 5.75 Å². The number of hydrogen-bond donors (Lipinski definition) is 0. The molecule has 10 heteroatoms. The number of rotatable bonds is 7. The molecular formula is C22H23F2N3O3S2. The zero-order chi connectivity index (χ0) is 22.7. The number of nitrogens with zero attached hydrogens (tertiary/aromatic N) is 3. The van der Waals surface area contributed by atoms with E-state index in [0.717, 1.165) is 44.6 Å². The first-order chi connectivity index (χ1) is 15.4. The van der Waals surface area contributed by atoms with Gasteiger partial charge in [0.15, 0.2) is 10.0 Å². The fourth-order valence-electron chi connectivity index (χ4n) is 3.58. The number of sulfonamides is 1. The van der Waals surface area contributed by atoms with Crippen molar-refractivity contribution in [2.24, 2.45) is 0 Å². The van der Waals surface area contributed by atoms with Gasteiger partial charge in [0.05, 0.1) is 12.3 Å². The largest absolute Gasteiger partial charge is 0.494 e. The van der Waals surface area contributed by atoms with Crippen LogP contribution in [0.5, 0.6) is 5.75 Å². The number of halogens is 2. The number of thiazole rings is 1. The lowest BCUT2D eigenvalue weighted by atomic mass is 10.1. The SMILES string of the molecule is CCOc1ccc(Cc2csc(N3CCN(S(=O)(=O)c4c(F)cccc4F)CC3)n2)cc1. The third-order valence-corrected chi connectivity index (χ3v) is 8.09. The number of benzene rings is 2. The van der Waals surface area contributed by atoms with Gasteiger partial charge in [-0.1, -0.05) is 18.2 Å². The number of aromatic nitrogens is 1. The van der Waals surface area contributed by atoms with Crippen molar-refractivity contribution in [1.29, 1.82) is 0 Å². The molecule has 0 spiro atoms. The Balaban J connectivity index is 1.39. The number of hydrogen-bond acceptors (Lipinski definition) is 6. The summed E-state index contributed by atoms with van der Waals surface area (Å²) in [4.78, 5) is 5.79. The summed E-state index contributed by atoms with van der Waals surface area (Å²) >= 11 is 1.50. The molecule has 6 nitrogen and oxygen atoms in total. The van der Waals surface area contributed by atoms with Crippen LogP contribution in [0.4, 0.5) is 13.9 Å². The van der Waals surface area contributed by atoms with E-state index in [1.54, 1.807) is 0 Å². The van der Waals surface area contributed by atoms with Gasteiger partial charge in [-0.15, -0.1) is 11.3 Å². The molecule has 2 heterocycles. The van der Waals surface area contributed by atoms with Crippen LogP contribution in [0.1, 0.15) is 18.2 Å². The maximum atomic E-state index is 14.0. The second-order valence-electron chi connectivity index (χ2n) is 7.32. The zero-order valence-electron chi connectivity index (χ0n) is 17.5. The van der Waals surface area contributed by atoms with Crippen LogP contribution in [-0.2, 0) is 16.4 Å². The molecule has 3 aromatic rings. The van der Waals surface area contributed by atoms with Crippen LogP contribution >= 0.6 is 11.3 Å². The van der Waals surface area contributed by atoms with E-state index in [0.29, 0.717) is 26.1 Å². The molecule has 0 saturated carbocycles. The van der Waals surface area contributed by atoms with Crippen LogP contribution in [0, 0.1) is 11.6 Å². The Hall–Kier alpha value is -2.56. The van der Waals surface area contributed by atoms with E-state index in [4.69, 9.17) is 4.74 Å². The Morgan fingerprint density at radius 2 is 1.69 bits per heavy atom. The van der Waals surface area contributed by atoms with Crippen molar-refractivity contribution in [2.45, 2.75) is 18.2 Å². The van der Waals surface area contributed by atoms with Crippen LogP contribution in [0.25, 0.3) is 0 Å². The molecular weight excluding hydrogens is 456 g/mol. The van der Waals surface area contributed by atoms with Gasteiger partial charge >= 0.3 is 0 Å².